The summed E-state index contributed by atoms with van der Waals surface area (Å²) in [5, 5.41) is 3.27. The molecule has 0 aliphatic heterocycles. The molecule has 1 aromatic rings. The van der Waals surface area contributed by atoms with Gasteiger partial charge < -0.3 is 10.1 Å². The second kappa shape index (κ2) is 5.83. The lowest BCUT2D eigenvalue weighted by Gasteiger charge is -2.11. The van der Waals surface area contributed by atoms with Gasteiger partial charge in [-0.15, -0.1) is 11.6 Å². The Labute approximate surface area is 89.4 Å². The summed E-state index contributed by atoms with van der Waals surface area (Å²) in [4.78, 5) is 4.11. The average molecular weight is 215 g/mol. The number of pyridine rings is 1. The van der Waals surface area contributed by atoms with Gasteiger partial charge in [-0.1, -0.05) is 6.07 Å². The molecule has 1 unspecified atom stereocenters. The third kappa shape index (κ3) is 3.16. The highest BCUT2D eigenvalue weighted by Crippen LogP contribution is 2.12. The predicted octanol–water partition coefficient (Wildman–Crippen LogP) is 1.81. The van der Waals surface area contributed by atoms with E-state index in [2.05, 4.69) is 10.3 Å². The van der Waals surface area contributed by atoms with Crippen LogP contribution in [0.25, 0.3) is 0 Å². The Bertz CT molecular complexity index is 281. The van der Waals surface area contributed by atoms with Crippen molar-refractivity contribution in [1.82, 2.24) is 10.3 Å². The van der Waals surface area contributed by atoms with Gasteiger partial charge in [0.25, 0.3) is 0 Å². The Kier molecular flexibility index (Phi) is 4.70. The molecule has 0 spiro atoms. The fourth-order valence-electron chi connectivity index (χ4n) is 1.08. The van der Waals surface area contributed by atoms with E-state index in [4.69, 9.17) is 16.3 Å². The van der Waals surface area contributed by atoms with Crippen LogP contribution in [0.2, 0.25) is 0 Å². The van der Waals surface area contributed by atoms with Gasteiger partial charge in [0.05, 0.1) is 7.11 Å². The van der Waals surface area contributed by atoms with Gasteiger partial charge >= 0.3 is 0 Å². The van der Waals surface area contributed by atoms with Crippen LogP contribution in [0.1, 0.15) is 12.5 Å². The van der Waals surface area contributed by atoms with Crippen LogP contribution in [0.5, 0.6) is 5.88 Å². The van der Waals surface area contributed by atoms with Crippen LogP contribution in [0, 0.1) is 0 Å². The second-order valence-corrected chi connectivity index (χ2v) is 3.42. The minimum atomic E-state index is 0.293. The van der Waals surface area contributed by atoms with E-state index >= 15 is 0 Å². The van der Waals surface area contributed by atoms with Gasteiger partial charge in [0.15, 0.2) is 0 Å². The van der Waals surface area contributed by atoms with Gasteiger partial charge in [-0.05, 0) is 13.0 Å². The van der Waals surface area contributed by atoms with Crippen molar-refractivity contribution < 1.29 is 4.74 Å². The van der Waals surface area contributed by atoms with E-state index in [0.29, 0.717) is 17.8 Å². The number of rotatable bonds is 5. The Hall–Kier alpha value is -0.800. The molecule has 78 valence electrons. The summed E-state index contributed by atoms with van der Waals surface area (Å²) in [6, 6.07) is 4.17. The first-order chi connectivity index (χ1) is 6.77. The number of nitrogens with zero attached hydrogens (tertiary/aromatic N) is 1. The van der Waals surface area contributed by atoms with Crippen molar-refractivity contribution in [3.63, 3.8) is 0 Å². The van der Waals surface area contributed by atoms with Crippen molar-refractivity contribution in [2.75, 3.05) is 13.0 Å². The highest BCUT2D eigenvalue weighted by molar-refractivity contribution is 6.18. The molecule has 1 heterocycles. The SMILES string of the molecule is COc1ncccc1CNC(C)CCl. The predicted molar refractivity (Wildman–Crippen MR) is 57.8 cm³/mol. The van der Waals surface area contributed by atoms with Gasteiger partial charge in [0.1, 0.15) is 0 Å². The molecule has 1 rings (SSSR count). The molecular formula is C10H15ClN2O. The van der Waals surface area contributed by atoms with Gasteiger partial charge in [0, 0.05) is 30.2 Å². The highest BCUT2D eigenvalue weighted by atomic mass is 35.5. The highest BCUT2D eigenvalue weighted by Gasteiger charge is 2.04. The third-order valence-corrected chi connectivity index (χ3v) is 2.38. The zero-order valence-corrected chi connectivity index (χ0v) is 9.21. The van der Waals surface area contributed by atoms with E-state index in [9.17, 15) is 0 Å². The lowest BCUT2D eigenvalue weighted by molar-refractivity contribution is 0.389. The molecule has 4 heteroatoms. The van der Waals surface area contributed by atoms with E-state index in [1.165, 1.54) is 0 Å². The first-order valence-electron chi connectivity index (χ1n) is 4.55. The van der Waals surface area contributed by atoms with Crippen LogP contribution >= 0.6 is 11.6 Å². The summed E-state index contributed by atoms with van der Waals surface area (Å²) in [6.45, 7) is 2.76. The number of halogens is 1. The fourth-order valence-corrected chi connectivity index (χ4v) is 1.19. The van der Waals surface area contributed by atoms with Crippen molar-refractivity contribution in [1.29, 1.82) is 0 Å². The molecule has 0 saturated heterocycles. The zero-order valence-electron chi connectivity index (χ0n) is 8.46. The molecule has 0 aliphatic carbocycles. The molecule has 1 aromatic heterocycles. The lowest BCUT2D eigenvalue weighted by Crippen LogP contribution is -2.27. The third-order valence-electron chi connectivity index (χ3n) is 1.92. The zero-order chi connectivity index (χ0) is 10.4. The van der Waals surface area contributed by atoms with Crippen LogP contribution in [-0.2, 0) is 6.54 Å². The minimum absolute atomic E-state index is 0.293. The van der Waals surface area contributed by atoms with Crippen molar-refractivity contribution in [2.24, 2.45) is 0 Å². The second-order valence-electron chi connectivity index (χ2n) is 3.11. The molecule has 0 aromatic carbocycles. The van der Waals surface area contributed by atoms with Crippen molar-refractivity contribution in [2.45, 2.75) is 19.5 Å². The molecule has 0 amide bonds. The Morgan fingerprint density at radius 2 is 2.43 bits per heavy atom. The molecule has 3 nitrogen and oxygen atoms in total. The maximum Gasteiger partial charge on any atom is 0.217 e. The normalized spacial score (nSPS) is 12.5. The summed E-state index contributed by atoms with van der Waals surface area (Å²) in [5.74, 6) is 1.27. The van der Waals surface area contributed by atoms with E-state index in [0.717, 1.165) is 12.1 Å². The van der Waals surface area contributed by atoms with Crippen LogP contribution in [-0.4, -0.2) is 24.0 Å². The summed E-state index contributed by atoms with van der Waals surface area (Å²) >= 11 is 5.68. The summed E-state index contributed by atoms with van der Waals surface area (Å²) < 4.78 is 5.13. The molecule has 14 heavy (non-hydrogen) atoms. The quantitative estimate of drug-likeness (QED) is 0.760. The van der Waals surface area contributed by atoms with Crippen LogP contribution in [0.15, 0.2) is 18.3 Å². The van der Waals surface area contributed by atoms with Crippen LogP contribution < -0.4 is 10.1 Å². The summed E-state index contributed by atoms with van der Waals surface area (Å²) in [5.41, 5.74) is 1.05. The Morgan fingerprint density at radius 3 is 3.07 bits per heavy atom. The molecule has 0 radical (unpaired) electrons. The first-order valence-corrected chi connectivity index (χ1v) is 5.08. The Morgan fingerprint density at radius 1 is 1.64 bits per heavy atom. The number of alkyl halides is 1. The van der Waals surface area contributed by atoms with Crippen LogP contribution in [0.3, 0.4) is 0 Å². The summed E-state index contributed by atoms with van der Waals surface area (Å²) in [6.07, 6.45) is 1.72. The van der Waals surface area contributed by atoms with Gasteiger partial charge in [-0.2, -0.15) is 0 Å². The molecule has 1 N–H and O–H groups in total. The number of aromatic nitrogens is 1. The van der Waals surface area contributed by atoms with Gasteiger partial charge in [0.2, 0.25) is 5.88 Å². The lowest BCUT2D eigenvalue weighted by atomic mass is 10.2. The monoisotopic (exact) mass is 214 g/mol. The standard InChI is InChI=1S/C10H15ClN2O/c1-8(6-11)13-7-9-4-3-5-12-10(9)14-2/h3-5,8,13H,6-7H2,1-2H3. The van der Waals surface area contributed by atoms with E-state index in [-0.39, 0.29) is 0 Å². The van der Waals surface area contributed by atoms with Gasteiger partial charge in [-0.25, -0.2) is 4.98 Å². The number of nitrogens with one attached hydrogen (secondary N) is 1. The number of methoxy groups -OCH3 is 1. The maximum atomic E-state index is 5.68. The topological polar surface area (TPSA) is 34.1 Å². The molecular weight excluding hydrogens is 200 g/mol. The molecule has 1 atom stereocenters. The van der Waals surface area contributed by atoms with E-state index < -0.39 is 0 Å². The minimum Gasteiger partial charge on any atom is -0.481 e. The van der Waals surface area contributed by atoms with Crippen LogP contribution in [0.4, 0.5) is 0 Å². The van der Waals surface area contributed by atoms with Gasteiger partial charge in [-0.3, -0.25) is 0 Å². The number of hydrogen-bond acceptors (Lipinski definition) is 3. The molecule has 0 aliphatic rings. The fraction of sp³-hybridized carbons (Fsp3) is 0.500. The first kappa shape index (κ1) is 11.3. The van der Waals surface area contributed by atoms with E-state index in [1.54, 1.807) is 13.3 Å². The largest absolute Gasteiger partial charge is 0.481 e. The van der Waals surface area contributed by atoms with Crippen molar-refractivity contribution >= 4 is 11.6 Å². The number of ether oxygens (including phenoxy) is 1. The Balaban J connectivity index is 2.57. The van der Waals surface area contributed by atoms with Crippen molar-refractivity contribution in [3.8, 4) is 5.88 Å². The van der Waals surface area contributed by atoms with Crippen molar-refractivity contribution in [3.05, 3.63) is 23.9 Å². The summed E-state index contributed by atoms with van der Waals surface area (Å²) in [7, 11) is 1.62. The molecule has 0 fully saturated rings. The molecule has 0 saturated carbocycles. The number of hydrogen-bond donors (Lipinski definition) is 1. The maximum absolute atomic E-state index is 5.68. The smallest absolute Gasteiger partial charge is 0.217 e. The molecule has 0 bridgehead atoms. The average Bonchev–Trinajstić information content (AvgIpc) is 2.26. The van der Waals surface area contributed by atoms with E-state index in [1.807, 2.05) is 19.1 Å².